The van der Waals surface area contributed by atoms with Crippen LogP contribution in [0.15, 0.2) is 0 Å². The molecule has 6 heteroatoms. The van der Waals surface area contributed by atoms with Crippen molar-refractivity contribution in [1.82, 2.24) is 10.6 Å². The lowest BCUT2D eigenvalue weighted by Gasteiger charge is -2.27. The van der Waals surface area contributed by atoms with E-state index in [1.165, 1.54) is 12.8 Å². The predicted molar refractivity (Wildman–Crippen MR) is 82.2 cm³/mol. The number of unbranched alkanes of at least 4 members (excludes halogenated alkanes) is 1. The summed E-state index contributed by atoms with van der Waals surface area (Å²) >= 11 is 1.80. The number of carbonyl (C=O) groups excluding carboxylic acids is 1. The van der Waals surface area contributed by atoms with Gasteiger partial charge in [0.25, 0.3) is 0 Å². The third-order valence-electron chi connectivity index (χ3n) is 3.97. The van der Waals surface area contributed by atoms with Gasteiger partial charge in [0, 0.05) is 11.3 Å². The molecule has 0 aromatic heterocycles. The van der Waals surface area contributed by atoms with E-state index in [4.69, 9.17) is 5.11 Å². The van der Waals surface area contributed by atoms with E-state index >= 15 is 0 Å². The largest absolute Gasteiger partial charge is 0.480 e. The van der Waals surface area contributed by atoms with Crippen LogP contribution in [0.1, 0.15) is 51.9 Å². The summed E-state index contributed by atoms with van der Waals surface area (Å²) in [5, 5.41) is 14.5. The van der Waals surface area contributed by atoms with E-state index in [1.807, 2.05) is 6.92 Å². The summed E-state index contributed by atoms with van der Waals surface area (Å²) in [5.41, 5.74) is 0. The summed E-state index contributed by atoms with van der Waals surface area (Å²) in [5.74, 6) is -0.964. The molecule has 1 saturated carbocycles. The Morgan fingerprint density at radius 1 is 1.35 bits per heavy atom. The molecule has 1 rings (SSSR count). The van der Waals surface area contributed by atoms with E-state index in [0.29, 0.717) is 13.0 Å². The summed E-state index contributed by atoms with van der Waals surface area (Å²) in [6.07, 6.45) is 8.92. The van der Waals surface area contributed by atoms with Crippen molar-refractivity contribution in [3.63, 3.8) is 0 Å². The minimum Gasteiger partial charge on any atom is -0.480 e. The van der Waals surface area contributed by atoms with Crippen LogP contribution in [-0.4, -0.2) is 40.7 Å². The number of hydrogen-bond donors (Lipinski definition) is 3. The maximum Gasteiger partial charge on any atom is 0.326 e. The molecule has 5 nitrogen and oxygen atoms in total. The zero-order valence-electron chi connectivity index (χ0n) is 12.4. The first-order valence-electron chi connectivity index (χ1n) is 7.35. The van der Waals surface area contributed by atoms with E-state index in [9.17, 15) is 9.59 Å². The molecule has 0 spiro atoms. The third-order valence-corrected chi connectivity index (χ3v) is 5.39. The molecular formula is C14H26N2O3S. The summed E-state index contributed by atoms with van der Waals surface area (Å²) in [4.78, 5) is 22.9. The molecule has 1 atom stereocenters. The van der Waals surface area contributed by atoms with Crippen LogP contribution in [0.5, 0.6) is 0 Å². The number of thioether (sulfide) groups is 1. The summed E-state index contributed by atoms with van der Waals surface area (Å²) in [7, 11) is 0. The van der Waals surface area contributed by atoms with Gasteiger partial charge in [-0.25, -0.2) is 9.59 Å². The van der Waals surface area contributed by atoms with Crippen LogP contribution < -0.4 is 10.6 Å². The fraction of sp³-hybridized carbons (Fsp3) is 0.857. The van der Waals surface area contributed by atoms with Crippen LogP contribution in [-0.2, 0) is 4.79 Å². The van der Waals surface area contributed by atoms with Gasteiger partial charge in [-0.2, -0.15) is 11.8 Å². The van der Waals surface area contributed by atoms with Gasteiger partial charge in [-0.1, -0.05) is 32.6 Å². The van der Waals surface area contributed by atoms with E-state index in [1.54, 1.807) is 11.8 Å². The van der Waals surface area contributed by atoms with Gasteiger partial charge in [-0.15, -0.1) is 0 Å². The average molecular weight is 302 g/mol. The first-order valence-corrected chi connectivity index (χ1v) is 8.58. The molecule has 0 saturated heterocycles. The number of aliphatic carboxylic acids is 1. The molecule has 0 aliphatic heterocycles. The van der Waals surface area contributed by atoms with Crippen molar-refractivity contribution in [2.75, 3.05) is 12.8 Å². The van der Waals surface area contributed by atoms with Crippen molar-refractivity contribution < 1.29 is 14.7 Å². The fourth-order valence-corrected chi connectivity index (χ4v) is 3.50. The lowest BCUT2D eigenvalue weighted by Crippen LogP contribution is -2.49. The molecule has 0 radical (unpaired) electrons. The number of nitrogens with one attached hydrogen (secondary N) is 2. The van der Waals surface area contributed by atoms with Crippen molar-refractivity contribution in [1.29, 1.82) is 0 Å². The number of urea groups is 1. The van der Waals surface area contributed by atoms with Gasteiger partial charge in [-0.05, 0) is 25.5 Å². The second-order valence-corrected chi connectivity index (χ2v) is 6.73. The van der Waals surface area contributed by atoms with Crippen molar-refractivity contribution in [3.05, 3.63) is 0 Å². The summed E-state index contributed by atoms with van der Waals surface area (Å²) in [6.45, 7) is 2.61. The Morgan fingerprint density at radius 2 is 2.00 bits per heavy atom. The molecule has 1 aliphatic carbocycles. The van der Waals surface area contributed by atoms with Crippen molar-refractivity contribution in [3.8, 4) is 0 Å². The Balaban J connectivity index is 2.39. The second kappa shape index (κ2) is 8.39. The van der Waals surface area contributed by atoms with Gasteiger partial charge in [0.2, 0.25) is 0 Å². The minimum absolute atomic E-state index is 0.138. The molecule has 2 amide bonds. The van der Waals surface area contributed by atoms with Crippen LogP contribution in [0.2, 0.25) is 0 Å². The highest BCUT2D eigenvalue weighted by atomic mass is 32.2. The predicted octanol–water partition coefficient (Wildman–Crippen LogP) is 2.60. The lowest BCUT2D eigenvalue weighted by atomic mass is 10.1. The third kappa shape index (κ3) is 5.23. The van der Waals surface area contributed by atoms with Gasteiger partial charge < -0.3 is 15.7 Å². The van der Waals surface area contributed by atoms with Gasteiger partial charge in [0.15, 0.2) is 0 Å². The minimum atomic E-state index is -0.964. The van der Waals surface area contributed by atoms with Crippen LogP contribution in [0.25, 0.3) is 0 Å². The van der Waals surface area contributed by atoms with Crippen LogP contribution in [0.4, 0.5) is 4.79 Å². The molecule has 0 aromatic carbocycles. The molecule has 0 aromatic rings. The van der Waals surface area contributed by atoms with E-state index < -0.39 is 12.0 Å². The zero-order valence-corrected chi connectivity index (χ0v) is 13.2. The van der Waals surface area contributed by atoms with Gasteiger partial charge in [0.1, 0.15) is 6.04 Å². The van der Waals surface area contributed by atoms with Crippen LogP contribution >= 0.6 is 11.8 Å². The molecule has 1 aliphatic rings. The Morgan fingerprint density at radius 3 is 2.50 bits per heavy atom. The van der Waals surface area contributed by atoms with E-state index in [-0.39, 0.29) is 10.8 Å². The first kappa shape index (κ1) is 17.1. The van der Waals surface area contributed by atoms with Crippen molar-refractivity contribution >= 4 is 23.8 Å². The molecular weight excluding hydrogens is 276 g/mol. The maximum atomic E-state index is 11.8. The van der Waals surface area contributed by atoms with E-state index in [0.717, 1.165) is 25.7 Å². The van der Waals surface area contributed by atoms with Crippen molar-refractivity contribution in [2.24, 2.45) is 0 Å². The average Bonchev–Trinajstić information content (AvgIpc) is 2.90. The topological polar surface area (TPSA) is 78.4 Å². The number of carboxylic acid groups (broad SMARTS) is 1. The number of amides is 2. The highest BCUT2D eigenvalue weighted by molar-refractivity contribution is 8.00. The Kier molecular flexibility index (Phi) is 7.19. The number of carbonyl (C=O) groups is 2. The highest BCUT2D eigenvalue weighted by Gasteiger charge is 2.33. The SMILES string of the molecule is CCCCC(NC(=O)NCC1(SC)CCCC1)C(=O)O. The van der Waals surface area contributed by atoms with Crippen LogP contribution in [0, 0.1) is 0 Å². The molecule has 20 heavy (non-hydrogen) atoms. The normalized spacial score (nSPS) is 18.5. The lowest BCUT2D eigenvalue weighted by molar-refractivity contribution is -0.139. The molecule has 0 bridgehead atoms. The standard InChI is InChI=1S/C14H26N2O3S/c1-3-4-7-11(12(17)18)16-13(19)15-10-14(20-2)8-5-6-9-14/h11H,3-10H2,1-2H3,(H,17,18)(H2,15,16,19). The zero-order chi connectivity index (χ0) is 15.0. The summed E-state index contributed by atoms with van der Waals surface area (Å²) in [6, 6.07) is -1.16. The van der Waals surface area contributed by atoms with Gasteiger partial charge in [-0.3, -0.25) is 0 Å². The Hall–Kier alpha value is -0.910. The molecule has 1 fully saturated rings. The van der Waals surface area contributed by atoms with E-state index in [2.05, 4.69) is 16.9 Å². The second-order valence-electron chi connectivity index (χ2n) is 5.45. The maximum absolute atomic E-state index is 11.8. The monoisotopic (exact) mass is 302 g/mol. The number of rotatable bonds is 8. The number of carboxylic acids is 1. The van der Waals surface area contributed by atoms with Crippen LogP contribution in [0.3, 0.4) is 0 Å². The fourth-order valence-electron chi connectivity index (χ4n) is 2.59. The first-order chi connectivity index (χ1) is 9.53. The number of hydrogen-bond acceptors (Lipinski definition) is 3. The Bertz CT molecular complexity index is 330. The summed E-state index contributed by atoms with van der Waals surface area (Å²) < 4.78 is 0.138. The molecule has 1 unspecified atom stereocenters. The van der Waals surface area contributed by atoms with Gasteiger partial charge in [0.05, 0.1) is 0 Å². The Labute approximate surface area is 125 Å². The molecule has 3 N–H and O–H groups in total. The van der Waals surface area contributed by atoms with Crippen molar-refractivity contribution in [2.45, 2.75) is 62.7 Å². The quantitative estimate of drug-likeness (QED) is 0.644. The smallest absolute Gasteiger partial charge is 0.326 e. The molecule has 116 valence electrons. The van der Waals surface area contributed by atoms with Gasteiger partial charge >= 0.3 is 12.0 Å². The highest BCUT2D eigenvalue weighted by Crippen LogP contribution is 2.39. The molecule has 0 heterocycles.